The first kappa shape index (κ1) is 15.8. The minimum atomic E-state index is -4.52. The van der Waals surface area contributed by atoms with Gasteiger partial charge < -0.3 is 10.0 Å². The van der Waals surface area contributed by atoms with Crippen molar-refractivity contribution in [2.75, 3.05) is 6.54 Å². The zero-order chi connectivity index (χ0) is 15.6. The summed E-state index contributed by atoms with van der Waals surface area (Å²) >= 11 is 0. The molecule has 4 nitrogen and oxygen atoms in total. The van der Waals surface area contributed by atoms with E-state index in [4.69, 9.17) is 0 Å². The Bertz CT molecular complexity index is 519. The molecule has 0 saturated carbocycles. The van der Waals surface area contributed by atoms with Crippen molar-refractivity contribution in [3.05, 3.63) is 29.6 Å². The van der Waals surface area contributed by atoms with Crippen molar-refractivity contribution in [1.82, 2.24) is 9.88 Å². The molecule has 7 heteroatoms. The average Bonchev–Trinajstić information content (AvgIpc) is 2.41. The normalized spacial score (nSPS) is 23.2. The van der Waals surface area contributed by atoms with Crippen molar-refractivity contribution in [2.24, 2.45) is 0 Å². The number of carbonyl (C=O) groups is 1. The van der Waals surface area contributed by atoms with Crippen LogP contribution in [0.1, 0.15) is 31.2 Å². The van der Waals surface area contributed by atoms with E-state index in [9.17, 15) is 23.1 Å². The van der Waals surface area contributed by atoms with Crippen LogP contribution >= 0.6 is 0 Å². The molecular weight excluding hydrogens is 285 g/mol. The summed E-state index contributed by atoms with van der Waals surface area (Å²) in [5, 5.41) is 9.60. The van der Waals surface area contributed by atoms with Crippen molar-refractivity contribution < 1.29 is 23.1 Å². The number of piperidine rings is 1. The third-order valence-electron chi connectivity index (χ3n) is 3.61. The number of amides is 1. The van der Waals surface area contributed by atoms with E-state index in [0.29, 0.717) is 12.8 Å². The van der Waals surface area contributed by atoms with Gasteiger partial charge in [-0.1, -0.05) is 6.07 Å². The molecule has 1 N–H and O–H groups in total. The van der Waals surface area contributed by atoms with Gasteiger partial charge in [0.05, 0.1) is 18.2 Å². The smallest absolute Gasteiger partial charge is 0.391 e. The summed E-state index contributed by atoms with van der Waals surface area (Å²) in [6.07, 6.45) is -3.97. The number of aromatic nitrogens is 1. The molecule has 0 unspecified atom stereocenters. The molecule has 0 aliphatic carbocycles. The van der Waals surface area contributed by atoms with Crippen molar-refractivity contribution in [2.45, 2.75) is 44.5 Å². The van der Waals surface area contributed by atoms with Gasteiger partial charge in [-0.25, -0.2) is 4.98 Å². The van der Waals surface area contributed by atoms with E-state index >= 15 is 0 Å². The fourth-order valence-electron chi connectivity index (χ4n) is 2.43. The highest BCUT2D eigenvalue weighted by Crippen LogP contribution is 2.27. The van der Waals surface area contributed by atoms with E-state index < -0.39 is 18.0 Å². The summed E-state index contributed by atoms with van der Waals surface area (Å²) in [5.74, 6) is -0.312. The number of carbonyl (C=O) groups excluding carboxylic acids is 1. The molecule has 1 aliphatic rings. The van der Waals surface area contributed by atoms with Gasteiger partial charge in [-0.3, -0.25) is 4.79 Å². The van der Waals surface area contributed by atoms with Gasteiger partial charge in [-0.2, -0.15) is 13.2 Å². The molecule has 0 bridgehead atoms. The molecule has 1 amide bonds. The highest BCUT2D eigenvalue weighted by molar-refractivity contribution is 5.78. The number of nitrogens with zero attached hydrogens (tertiary/aromatic N) is 2. The zero-order valence-corrected chi connectivity index (χ0v) is 11.6. The summed E-state index contributed by atoms with van der Waals surface area (Å²) < 4.78 is 37.7. The molecule has 1 fully saturated rings. The Hall–Kier alpha value is -1.63. The van der Waals surface area contributed by atoms with Gasteiger partial charge in [0.15, 0.2) is 0 Å². The van der Waals surface area contributed by atoms with Gasteiger partial charge in [-0.05, 0) is 31.9 Å². The van der Waals surface area contributed by atoms with E-state index in [1.165, 1.54) is 17.0 Å². The predicted octanol–water partition coefficient (Wildman–Crippen LogP) is 2.01. The van der Waals surface area contributed by atoms with Crippen LogP contribution in [0.5, 0.6) is 0 Å². The molecule has 2 atom stereocenters. The second-order valence-corrected chi connectivity index (χ2v) is 5.31. The third kappa shape index (κ3) is 3.93. The second-order valence-electron chi connectivity index (χ2n) is 5.31. The van der Waals surface area contributed by atoms with E-state index in [2.05, 4.69) is 4.98 Å². The molecule has 0 spiro atoms. The molecule has 116 valence electrons. The largest absolute Gasteiger partial charge is 0.433 e. The number of halogens is 3. The number of alkyl halides is 3. The first-order valence-corrected chi connectivity index (χ1v) is 6.78. The van der Waals surface area contributed by atoms with Gasteiger partial charge >= 0.3 is 6.18 Å². The number of pyridine rings is 1. The maximum atomic E-state index is 12.6. The van der Waals surface area contributed by atoms with E-state index in [0.717, 1.165) is 6.07 Å². The monoisotopic (exact) mass is 302 g/mol. The van der Waals surface area contributed by atoms with Crippen LogP contribution in [0.2, 0.25) is 0 Å². The number of aliphatic hydroxyl groups excluding tert-OH is 1. The molecule has 1 aromatic heterocycles. The molecule has 1 saturated heterocycles. The van der Waals surface area contributed by atoms with Crippen LogP contribution < -0.4 is 0 Å². The first-order chi connectivity index (χ1) is 9.77. The van der Waals surface area contributed by atoms with Gasteiger partial charge in [0, 0.05) is 12.6 Å². The van der Waals surface area contributed by atoms with E-state index in [-0.39, 0.29) is 30.6 Å². The summed E-state index contributed by atoms with van der Waals surface area (Å²) in [7, 11) is 0. The lowest BCUT2D eigenvalue weighted by atomic mass is 10.0. The van der Waals surface area contributed by atoms with Gasteiger partial charge in [0.2, 0.25) is 5.91 Å². The molecule has 2 rings (SSSR count). The lowest BCUT2D eigenvalue weighted by Gasteiger charge is -2.36. The van der Waals surface area contributed by atoms with Gasteiger partial charge in [-0.15, -0.1) is 0 Å². The number of aliphatic hydroxyl groups is 1. The van der Waals surface area contributed by atoms with Gasteiger partial charge in [0.1, 0.15) is 5.69 Å². The molecule has 2 heterocycles. The minimum Gasteiger partial charge on any atom is -0.391 e. The Morgan fingerprint density at radius 1 is 1.43 bits per heavy atom. The van der Waals surface area contributed by atoms with Crippen LogP contribution in [-0.2, 0) is 17.4 Å². The fourth-order valence-corrected chi connectivity index (χ4v) is 2.43. The molecule has 1 aromatic rings. The average molecular weight is 302 g/mol. The Balaban J connectivity index is 2.09. The van der Waals surface area contributed by atoms with Crippen LogP contribution in [0.25, 0.3) is 0 Å². The summed E-state index contributed by atoms with van der Waals surface area (Å²) in [4.78, 5) is 17.2. The third-order valence-corrected chi connectivity index (χ3v) is 3.61. The molecule has 0 aromatic carbocycles. The zero-order valence-electron chi connectivity index (χ0n) is 11.6. The number of rotatable bonds is 2. The Labute approximate surface area is 120 Å². The van der Waals surface area contributed by atoms with Crippen LogP contribution in [0.3, 0.4) is 0 Å². The van der Waals surface area contributed by atoms with Crippen LogP contribution in [0.4, 0.5) is 13.2 Å². The van der Waals surface area contributed by atoms with Crippen molar-refractivity contribution in [3.63, 3.8) is 0 Å². The highest BCUT2D eigenvalue weighted by atomic mass is 19.4. The Kier molecular flexibility index (Phi) is 4.51. The maximum Gasteiger partial charge on any atom is 0.433 e. The van der Waals surface area contributed by atoms with Crippen LogP contribution in [0, 0.1) is 0 Å². The van der Waals surface area contributed by atoms with Crippen molar-refractivity contribution in [3.8, 4) is 0 Å². The quantitative estimate of drug-likeness (QED) is 0.909. The summed E-state index contributed by atoms with van der Waals surface area (Å²) in [6, 6.07) is 3.50. The maximum absolute atomic E-state index is 12.6. The second kappa shape index (κ2) is 6.01. The molecular formula is C14H17F3N2O2. The van der Waals surface area contributed by atoms with Crippen molar-refractivity contribution in [1.29, 1.82) is 0 Å². The van der Waals surface area contributed by atoms with E-state index in [1.54, 1.807) is 0 Å². The van der Waals surface area contributed by atoms with E-state index in [1.807, 2.05) is 6.92 Å². The lowest BCUT2D eigenvalue weighted by molar-refractivity contribution is -0.142. The summed E-state index contributed by atoms with van der Waals surface area (Å²) in [5.41, 5.74) is -0.915. The Morgan fingerprint density at radius 3 is 2.81 bits per heavy atom. The topological polar surface area (TPSA) is 53.4 Å². The highest BCUT2D eigenvalue weighted by Gasteiger charge is 2.33. The number of β-amino-alcohol motifs (C(OH)–C–C–N with tert-alkyl or cyclic N) is 1. The standard InChI is InChI=1S/C14H17F3N2O2/c1-9-5-6-11(20)8-19(9)13(21)7-10-3-2-4-12(18-10)14(15,16)17/h2-4,9,11,20H,5-8H2,1H3/t9-,11-/m1/s1. The molecule has 1 aliphatic heterocycles. The van der Waals surface area contributed by atoms with Crippen molar-refractivity contribution >= 4 is 5.91 Å². The van der Waals surface area contributed by atoms with Gasteiger partial charge in [0.25, 0.3) is 0 Å². The predicted molar refractivity (Wildman–Crippen MR) is 69.4 cm³/mol. The molecule has 21 heavy (non-hydrogen) atoms. The first-order valence-electron chi connectivity index (χ1n) is 6.78. The van der Waals surface area contributed by atoms with Crippen LogP contribution in [0.15, 0.2) is 18.2 Å². The summed E-state index contributed by atoms with van der Waals surface area (Å²) in [6.45, 7) is 2.09. The number of hydrogen-bond acceptors (Lipinski definition) is 3. The Morgan fingerprint density at radius 2 is 2.14 bits per heavy atom. The number of likely N-dealkylation sites (tertiary alicyclic amines) is 1. The SMILES string of the molecule is C[C@@H]1CC[C@@H](O)CN1C(=O)Cc1cccc(C(F)(F)F)n1. The molecule has 0 radical (unpaired) electrons. The number of hydrogen-bond donors (Lipinski definition) is 1. The lowest BCUT2D eigenvalue weighted by Crippen LogP contribution is -2.48. The minimum absolute atomic E-state index is 0.0216. The fraction of sp³-hybridized carbons (Fsp3) is 0.571. The van der Waals surface area contributed by atoms with Crippen LogP contribution in [-0.4, -0.2) is 39.6 Å².